The second kappa shape index (κ2) is 4.62. The van der Waals surface area contributed by atoms with E-state index in [2.05, 4.69) is 4.98 Å². The molecule has 0 amide bonds. The Labute approximate surface area is 90.1 Å². The number of hydrogen-bond donors (Lipinski definition) is 1. The predicted molar refractivity (Wildman–Crippen MR) is 57.7 cm³/mol. The molecule has 0 spiro atoms. The van der Waals surface area contributed by atoms with Crippen molar-refractivity contribution in [3.05, 3.63) is 24.0 Å². The second-order valence-electron chi connectivity index (χ2n) is 4.15. The third-order valence-corrected chi connectivity index (χ3v) is 2.94. The fraction of sp³-hybridized carbons (Fsp3) is 0.583. The van der Waals surface area contributed by atoms with Crippen LogP contribution in [0.5, 0.6) is 5.75 Å². The number of aliphatic hydroxyl groups is 1. The van der Waals surface area contributed by atoms with E-state index >= 15 is 0 Å². The quantitative estimate of drug-likeness (QED) is 0.805. The van der Waals surface area contributed by atoms with Crippen molar-refractivity contribution >= 4 is 0 Å². The lowest BCUT2D eigenvalue weighted by molar-refractivity contribution is 0.158. The summed E-state index contributed by atoms with van der Waals surface area (Å²) < 4.78 is 5.17. The number of methoxy groups -OCH3 is 1. The number of pyridine rings is 1. The van der Waals surface area contributed by atoms with Crippen molar-refractivity contribution in [2.75, 3.05) is 7.11 Å². The first-order chi connectivity index (χ1) is 7.31. The Kier molecular flexibility index (Phi) is 3.21. The molecule has 1 aliphatic carbocycles. The highest BCUT2D eigenvalue weighted by Gasteiger charge is 2.23. The summed E-state index contributed by atoms with van der Waals surface area (Å²) in [6, 6.07) is 1.83. The Bertz CT molecular complexity index is 323. The standard InChI is InChI=1S/C12H17NO2/c1-15-12-8-13-7-6-10(12)11(14)5-4-9-2-3-9/h6-9,11,14H,2-5H2,1H3. The van der Waals surface area contributed by atoms with Crippen molar-refractivity contribution in [3.63, 3.8) is 0 Å². The van der Waals surface area contributed by atoms with Gasteiger partial charge in [0.2, 0.25) is 0 Å². The molecule has 1 unspecified atom stereocenters. The van der Waals surface area contributed by atoms with Crippen LogP contribution in [0.25, 0.3) is 0 Å². The first-order valence-electron chi connectivity index (χ1n) is 5.47. The van der Waals surface area contributed by atoms with Crippen LogP contribution in [-0.2, 0) is 0 Å². The van der Waals surface area contributed by atoms with E-state index in [4.69, 9.17) is 4.74 Å². The number of rotatable bonds is 5. The van der Waals surface area contributed by atoms with Gasteiger partial charge >= 0.3 is 0 Å². The van der Waals surface area contributed by atoms with Crippen molar-refractivity contribution in [1.82, 2.24) is 4.98 Å². The normalized spacial score (nSPS) is 17.5. The summed E-state index contributed by atoms with van der Waals surface area (Å²) in [7, 11) is 1.61. The van der Waals surface area contributed by atoms with Crippen molar-refractivity contribution in [2.24, 2.45) is 5.92 Å². The molecule has 82 valence electrons. The third-order valence-electron chi connectivity index (χ3n) is 2.94. The Morgan fingerprint density at radius 3 is 3.07 bits per heavy atom. The van der Waals surface area contributed by atoms with Gasteiger partial charge in [0, 0.05) is 11.8 Å². The van der Waals surface area contributed by atoms with Crippen LogP contribution in [0, 0.1) is 5.92 Å². The van der Waals surface area contributed by atoms with Crippen molar-refractivity contribution in [3.8, 4) is 5.75 Å². The summed E-state index contributed by atoms with van der Waals surface area (Å²) in [5.74, 6) is 1.54. The minimum absolute atomic E-state index is 0.413. The summed E-state index contributed by atoms with van der Waals surface area (Å²) in [6.45, 7) is 0. The van der Waals surface area contributed by atoms with Gasteiger partial charge in [0.05, 0.1) is 19.4 Å². The maximum absolute atomic E-state index is 10.0. The fourth-order valence-corrected chi connectivity index (χ4v) is 1.79. The van der Waals surface area contributed by atoms with Gasteiger partial charge in [-0.1, -0.05) is 12.8 Å². The molecule has 15 heavy (non-hydrogen) atoms. The molecular weight excluding hydrogens is 190 g/mol. The molecule has 1 N–H and O–H groups in total. The lowest BCUT2D eigenvalue weighted by Gasteiger charge is -2.13. The fourth-order valence-electron chi connectivity index (χ4n) is 1.79. The summed E-state index contributed by atoms with van der Waals surface area (Å²) in [5, 5.41) is 10.0. The summed E-state index contributed by atoms with van der Waals surface area (Å²) in [5.41, 5.74) is 0.855. The topological polar surface area (TPSA) is 42.4 Å². The van der Waals surface area contributed by atoms with E-state index in [0.29, 0.717) is 5.75 Å². The molecule has 0 aromatic carbocycles. The lowest BCUT2D eigenvalue weighted by Crippen LogP contribution is -2.01. The number of ether oxygens (including phenoxy) is 1. The second-order valence-corrected chi connectivity index (χ2v) is 4.15. The zero-order valence-electron chi connectivity index (χ0n) is 9.02. The summed E-state index contributed by atoms with van der Waals surface area (Å²) >= 11 is 0. The maximum atomic E-state index is 10.0. The van der Waals surface area contributed by atoms with Crippen LogP contribution in [0.4, 0.5) is 0 Å². The third kappa shape index (κ3) is 2.69. The van der Waals surface area contributed by atoms with Gasteiger partial charge in [-0.15, -0.1) is 0 Å². The molecule has 1 aromatic heterocycles. The van der Waals surface area contributed by atoms with Gasteiger partial charge in [-0.2, -0.15) is 0 Å². The van der Waals surface area contributed by atoms with Gasteiger partial charge in [-0.25, -0.2) is 0 Å². The maximum Gasteiger partial charge on any atom is 0.142 e. The number of aliphatic hydroxyl groups excluding tert-OH is 1. The molecule has 1 heterocycles. The summed E-state index contributed by atoms with van der Waals surface area (Å²) in [6.07, 6.45) is 7.54. The molecular formula is C12H17NO2. The van der Waals surface area contributed by atoms with Gasteiger partial charge in [0.15, 0.2) is 0 Å². The van der Waals surface area contributed by atoms with Crippen LogP contribution in [0.2, 0.25) is 0 Å². The van der Waals surface area contributed by atoms with E-state index in [0.717, 1.165) is 24.3 Å². The van der Waals surface area contributed by atoms with E-state index in [1.165, 1.54) is 12.8 Å². The molecule has 0 aliphatic heterocycles. The minimum atomic E-state index is -0.413. The molecule has 1 atom stereocenters. The largest absolute Gasteiger partial charge is 0.495 e. The van der Waals surface area contributed by atoms with Crippen LogP contribution in [-0.4, -0.2) is 17.2 Å². The highest BCUT2D eigenvalue weighted by atomic mass is 16.5. The average molecular weight is 207 g/mol. The van der Waals surface area contributed by atoms with Gasteiger partial charge in [0.25, 0.3) is 0 Å². The zero-order valence-corrected chi connectivity index (χ0v) is 9.02. The number of nitrogens with zero attached hydrogens (tertiary/aromatic N) is 1. The van der Waals surface area contributed by atoms with Gasteiger partial charge in [0.1, 0.15) is 5.75 Å². The van der Waals surface area contributed by atoms with Crippen molar-refractivity contribution < 1.29 is 9.84 Å². The van der Waals surface area contributed by atoms with E-state index < -0.39 is 6.10 Å². The molecule has 1 aliphatic rings. The van der Waals surface area contributed by atoms with E-state index in [9.17, 15) is 5.11 Å². The first-order valence-corrected chi connectivity index (χ1v) is 5.47. The first kappa shape index (κ1) is 10.4. The van der Waals surface area contributed by atoms with Crippen LogP contribution in [0.1, 0.15) is 37.4 Å². The Balaban J connectivity index is 1.98. The molecule has 0 saturated heterocycles. The minimum Gasteiger partial charge on any atom is -0.495 e. The van der Waals surface area contributed by atoms with Crippen LogP contribution in [0.15, 0.2) is 18.5 Å². The van der Waals surface area contributed by atoms with Gasteiger partial charge in [-0.05, 0) is 24.8 Å². The molecule has 3 nitrogen and oxygen atoms in total. The molecule has 1 fully saturated rings. The SMILES string of the molecule is COc1cnccc1C(O)CCC1CC1. The van der Waals surface area contributed by atoms with Crippen molar-refractivity contribution in [1.29, 1.82) is 0 Å². The van der Waals surface area contributed by atoms with Gasteiger partial charge in [-0.3, -0.25) is 4.98 Å². The lowest BCUT2D eigenvalue weighted by atomic mass is 10.0. The monoisotopic (exact) mass is 207 g/mol. The molecule has 1 aromatic rings. The molecule has 1 saturated carbocycles. The predicted octanol–water partition coefficient (Wildman–Crippen LogP) is 2.31. The van der Waals surface area contributed by atoms with Crippen LogP contribution < -0.4 is 4.74 Å². The highest BCUT2D eigenvalue weighted by Crippen LogP contribution is 2.37. The van der Waals surface area contributed by atoms with Gasteiger partial charge < -0.3 is 9.84 Å². The van der Waals surface area contributed by atoms with Crippen LogP contribution in [0.3, 0.4) is 0 Å². The summed E-state index contributed by atoms with van der Waals surface area (Å²) in [4.78, 5) is 3.97. The Morgan fingerprint density at radius 2 is 2.40 bits per heavy atom. The Morgan fingerprint density at radius 1 is 1.60 bits per heavy atom. The zero-order chi connectivity index (χ0) is 10.7. The molecule has 3 heteroatoms. The van der Waals surface area contributed by atoms with E-state index in [1.54, 1.807) is 19.5 Å². The van der Waals surface area contributed by atoms with E-state index in [-0.39, 0.29) is 0 Å². The molecule has 0 bridgehead atoms. The molecule has 2 rings (SSSR count). The number of hydrogen-bond acceptors (Lipinski definition) is 3. The van der Waals surface area contributed by atoms with E-state index in [1.807, 2.05) is 6.07 Å². The van der Waals surface area contributed by atoms with Crippen LogP contribution >= 0.6 is 0 Å². The smallest absolute Gasteiger partial charge is 0.142 e. The average Bonchev–Trinajstić information content (AvgIpc) is 3.09. The Hall–Kier alpha value is -1.09. The van der Waals surface area contributed by atoms with Crippen molar-refractivity contribution in [2.45, 2.75) is 31.8 Å². The highest BCUT2D eigenvalue weighted by molar-refractivity contribution is 5.31. The number of aromatic nitrogens is 1. The molecule has 0 radical (unpaired) electrons.